The van der Waals surface area contributed by atoms with Crippen molar-refractivity contribution >= 4 is 64.6 Å². The molecule has 2 aliphatic heterocycles. The van der Waals surface area contributed by atoms with Crippen LogP contribution in [0.15, 0.2) is 17.1 Å². The molecule has 0 amide bonds. The molecule has 2 aliphatic rings. The Morgan fingerprint density at radius 3 is 2.68 bits per heavy atom. The molecule has 25 heavy (non-hydrogen) atoms. The molecule has 1 atom stereocenters. The van der Waals surface area contributed by atoms with Crippen LogP contribution in [-0.4, -0.2) is 77.7 Å². The molecule has 142 valence electrons. The Labute approximate surface area is 180 Å². The van der Waals surface area contributed by atoms with E-state index in [2.05, 4.69) is 26.2 Å². The Bertz CT molecular complexity index is 572. The number of aliphatic imine (C=N–C) groups is 1. The van der Waals surface area contributed by atoms with Gasteiger partial charge in [0, 0.05) is 56.9 Å². The van der Waals surface area contributed by atoms with Gasteiger partial charge in [-0.15, -0.1) is 35.3 Å². The van der Waals surface area contributed by atoms with Crippen LogP contribution in [0.3, 0.4) is 0 Å². The number of hydrogen-bond acceptors (Lipinski definition) is 5. The molecule has 2 N–H and O–H groups in total. The molecule has 0 aliphatic carbocycles. The highest BCUT2D eigenvalue weighted by molar-refractivity contribution is 14.0. The number of hydrogen-bond donors (Lipinski definition) is 2. The minimum Gasteiger partial charge on any atom is -0.387 e. The van der Waals surface area contributed by atoms with Gasteiger partial charge in [-0.05, 0) is 24.3 Å². The first-order valence-electron chi connectivity index (χ1n) is 8.30. The van der Waals surface area contributed by atoms with Crippen LogP contribution in [0.1, 0.15) is 11.3 Å². The summed E-state index contributed by atoms with van der Waals surface area (Å²) in [6.07, 6.45) is 0.860. The molecule has 1 aromatic heterocycles. The van der Waals surface area contributed by atoms with E-state index in [4.69, 9.17) is 11.6 Å². The van der Waals surface area contributed by atoms with Gasteiger partial charge in [-0.25, -0.2) is 0 Å². The molecule has 0 saturated carbocycles. The molecule has 0 bridgehead atoms. The van der Waals surface area contributed by atoms with Crippen LogP contribution >= 0.6 is 58.7 Å². The average molecular weight is 517 g/mol. The van der Waals surface area contributed by atoms with Crippen molar-refractivity contribution in [3.05, 3.63) is 21.3 Å². The lowest BCUT2D eigenvalue weighted by Gasteiger charge is -2.37. The summed E-state index contributed by atoms with van der Waals surface area (Å²) in [5, 5.41) is 13.8. The van der Waals surface area contributed by atoms with E-state index >= 15 is 0 Å². The van der Waals surface area contributed by atoms with Crippen LogP contribution in [-0.2, 0) is 6.54 Å². The van der Waals surface area contributed by atoms with Crippen molar-refractivity contribution in [2.45, 2.75) is 18.6 Å². The summed E-state index contributed by atoms with van der Waals surface area (Å²) in [4.78, 5) is 10.4. The molecule has 0 aromatic carbocycles. The van der Waals surface area contributed by atoms with Gasteiger partial charge in [-0.1, -0.05) is 11.6 Å². The lowest BCUT2D eigenvalue weighted by molar-refractivity contribution is 0.0711. The van der Waals surface area contributed by atoms with Crippen molar-refractivity contribution < 1.29 is 5.11 Å². The molecule has 3 rings (SSSR count). The standard InChI is InChI=1S/C16H25ClN4OS2.HI/c1-18-15(19-11-16(22)4-9-23-12-16)21-7-5-20(6-8-21)10-13-2-3-14(17)24-13;/h2-3,22H,4-12H2,1H3,(H,18,19);1H. The zero-order valence-corrected chi connectivity index (χ0v) is 19.1. The van der Waals surface area contributed by atoms with Gasteiger partial charge in [-0.3, -0.25) is 9.89 Å². The van der Waals surface area contributed by atoms with E-state index in [-0.39, 0.29) is 24.0 Å². The van der Waals surface area contributed by atoms with Crippen molar-refractivity contribution in [2.24, 2.45) is 4.99 Å². The van der Waals surface area contributed by atoms with Gasteiger partial charge in [0.25, 0.3) is 0 Å². The smallest absolute Gasteiger partial charge is 0.193 e. The number of thiophene rings is 1. The van der Waals surface area contributed by atoms with E-state index < -0.39 is 5.60 Å². The fourth-order valence-electron chi connectivity index (χ4n) is 3.09. The van der Waals surface area contributed by atoms with Gasteiger partial charge in [0.15, 0.2) is 5.96 Å². The third-order valence-corrected chi connectivity index (χ3v) is 7.00. The molecular weight excluding hydrogens is 491 g/mol. The van der Waals surface area contributed by atoms with E-state index in [1.165, 1.54) is 4.88 Å². The normalized spacial score (nSPS) is 25.1. The average Bonchev–Trinajstić information content (AvgIpc) is 3.18. The number of thioether (sulfide) groups is 1. The fraction of sp³-hybridized carbons (Fsp3) is 0.688. The first-order chi connectivity index (χ1) is 11.6. The zero-order valence-electron chi connectivity index (χ0n) is 14.4. The lowest BCUT2D eigenvalue weighted by Crippen LogP contribution is -2.54. The van der Waals surface area contributed by atoms with Crippen LogP contribution in [0, 0.1) is 0 Å². The van der Waals surface area contributed by atoms with E-state index in [0.29, 0.717) is 6.54 Å². The third kappa shape index (κ3) is 6.14. The maximum atomic E-state index is 10.5. The van der Waals surface area contributed by atoms with Crippen molar-refractivity contribution in [3.63, 3.8) is 0 Å². The van der Waals surface area contributed by atoms with Crippen LogP contribution in [0.4, 0.5) is 0 Å². The van der Waals surface area contributed by atoms with Crippen molar-refractivity contribution in [1.82, 2.24) is 15.1 Å². The number of halogens is 2. The number of piperazine rings is 1. The molecule has 9 heteroatoms. The van der Waals surface area contributed by atoms with Gasteiger partial charge in [0.05, 0.1) is 9.94 Å². The number of nitrogens with one attached hydrogen (secondary N) is 1. The molecule has 3 heterocycles. The van der Waals surface area contributed by atoms with Crippen molar-refractivity contribution in [1.29, 1.82) is 0 Å². The monoisotopic (exact) mass is 516 g/mol. The number of rotatable bonds is 4. The van der Waals surface area contributed by atoms with E-state index in [1.807, 2.05) is 24.9 Å². The zero-order chi connectivity index (χ0) is 17.0. The van der Waals surface area contributed by atoms with E-state index in [1.54, 1.807) is 11.3 Å². The molecule has 1 aromatic rings. The van der Waals surface area contributed by atoms with Crippen LogP contribution in [0.2, 0.25) is 4.34 Å². The summed E-state index contributed by atoms with van der Waals surface area (Å²) in [6, 6.07) is 4.08. The van der Waals surface area contributed by atoms with E-state index in [0.717, 1.165) is 60.9 Å². The van der Waals surface area contributed by atoms with Crippen LogP contribution in [0.5, 0.6) is 0 Å². The highest BCUT2D eigenvalue weighted by Crippen LogP contribution is 2.27. The van der Waals surface area contributed by atoms with Gasteiger partial charge in [0.2, 0.25) is 0 Å². The molecule has 1 unspecified atom stereocenters. The summed E-state index contributed by atoms with van der Waals surface area (Å²) in [7, 11) is 1.82. The summed E-state index contributed by atoms with van der Waals surface area (Å²) < 4.78 is 0.858. The van der Waals surface area contributed by atoms with Gasteiger partial charge >= 0.3 is 0 Å². The van der Waals surface area contributed by atoms with Gasteiger partial charge in [0.1, 0.15) is 0 Å². The summed E-state index contributed by atoms with van der Waals surface area (Å²) in [6.45, 7) is 5.47. The molecule has 2 saturated heterocycles. The molecule has 2 fully saturated rings. The first-order valence-corrected chi connectivity index (χ1v) is 10.7. The number of aliphatic hydroxyl groups is 1. The molecule has 0 spiro atoms. The van der Waals surface area contributed by atoms with Gasteiger partial charge in [-0.2, -0.15) is 11.8 Å². The van der Waals surface area contributed by atoms with Crippen LogP contribution < -0.4 is 5.32 Å². The Morgan fingerprint density at radius 1 is 1.36 bits per heavy atom. The maximum absolute atomic E-state index is 10.5. The lowest BCUT2D eigenvalue weighted by atomic mass is 10.0. The molecule has 0 radical (unpaired) electrons. The van der Waals surface area contributed by atoms with Gasteiger partial charge < -0.3 is 15.3 Å². The number of guanidine groups is 1. The Kier molecular flexibility index (Phi) is 8.61. The predicted octanol–water partition coefficient (Wildman–Crippen LogP) is 2.58. The van der Waals surface area contributed by atoms with Crippen LogP contribution in [0.25, 0.3) is 0 Å². The summed E-state index contributed by atoms with van der Waals surface area (Å²) in [5.41, 5.74) is -0.582. The quantitative estimate of drug-likeness (QED) is 0.366. The summed E-state index contributed by atoms with van der Waals surface area (Å²) in [5.74, 6) is 2.76. The molecular formula is C16H26ClIN4OS2. The molecule has 5 nitrogen and oxygen atoms in total. The Hall–Kier alpha value is 0.260. The first kappa shape index (κ1) is 21.6. The van der Waals surface area contributed by atoms with E-state index in [9.17, 15) is 5.11 Å². The SMILES string of the molecule is CN=C(NCC1(O)CCSC1)N1CCN(Cc2ccc(Cl)s2)CC1.I. The minimum absolute atomic E-state index is 0. The Morgan fingerprint density at radius 2 is 2.12 bits per heavy atom. The second-order valence-corrected chi connectivity index (χ2v) is 9.30. The Balaban J connectivity index is 0.00000225. The summed E-state index contributed by atoms with van der Waals surface area (Å²) >= 11 is 9.49. The predicted molar refractivity (Wildman–Crippen MR) is 120 cm³/mol. The second-order valence-electron chi connectivity index (χ2n) is 6.40. The van der Waals surface area contributed by atoms with Crippen molar-refractivity contribution in [2.75, 3.05) is 51.3 Å². The third-order valence-electron chi connectivity index (χ3n) is 4.55. The highest BCUT2D eigenvalue weighted by Gasteiger charge is 2.32. The maximum Gasteiger partial charge on any atom is 0.193 e. The fourth-order valence-corrected chi connectivity index (χ4v) is 5.51. The largest absolute Gasteiger partial charge is 0.387 e. The van der Waals surface area contributed by atoms with Crippen molar-refractivity contribution in [3.8, 4) is 0 Å². The number of nitrogens with zero attached hydrogens (tertiary/aromatic N) is 3. The topological polar surface area (TPSA) is 51.1 Å². The highest BCUT2D eigenvalue weighted by atomic mass is 127. The second kappa shape index (κ2) is 9.98. The minimum atomic E-state index is -0.582.